The first-order valence-electron chi connectivity index (χ1n) is 6.97. The van der Waals surface area contributed by atoms with Crippen LogP contribution in [0, 0.1) is 0 Å². The summed E-state index contributed by atoms with van der Waals surface area (Å²) in [5.41, 5.74) is 1.32. The molecule has 2 rings (SSSR count). The van der Waals surface area contributed by atoms with E-state index in [-0.39, 0.29) is 6.42 Å². The highest BCUT2D eigenvalue weighted by molar-refractivity contribution is 5.66. The third kappa shape index (κ3) is 4.08. The summed E-state index contributed by atoms with van der Waals surface area (Å²) >= 11 is 0. The minimum absolute atomic E-state index is 0.243. The van der Waals surface area contributed by atoms with Gasteiger partial charge in [0, 0.05) is 44.6 Å². The molecule has 1 saturated heterocycles. The molecule has 0 aromatic carbocycles. The number of nitrogens with zero attached hydrogens (tertiary/aromatic N) is 2. The van der Waals surface area contributed by atoms with Crippen molar-refractivity contribution in [1.82, 2.24) is 14.8 Å². The van der Waals surface area contributed by atoms with Crippen molar-refractivity contribution < 1.29 is 9.90 Å². The summed E-state index contributed by atoms with van der Waals surface area (Å²) in [7, 11) is 0. The maximum Gasteiger partial charge on any atom is 0.304 e. The lowest BCUT2D eigenvalue weighted by Crippen LogP contribution is -2.33. The van der Waals surface area contributed by atoms with Crippen molar-refractivity contribution in [2.45, 2.75) is 25.8 Å². The molecule has 0 saturated carbocycles. The first kappa shape index (κ1) is 14.1. The number of carboxylic acids is 1. The number of carboxylic acid groups (broad SMARTS) is 1. The Balaban J connectivity index is 1.84. The summed E-state index contributed by atoms with van der Waals surface area (Å²) < 4.78 is 0. The van der Waals surface area contributed by atoms with Crippen LogP contribution in [0.5, 0.6) is 0 Å². The number of carbonyl (C=O) groups is 1. The zero-order valence-corrected chi connectivity index (χ0v) is 11.5. The number of hydrogen-bond donors (Lipinski definition) is 2. The molecule has 2 N–H and O–H groups in total. The molecular formula is C14H23N3O2. The zero-order valence-electron chi connectivity index (χ0n) is 11.5. The topological polar surface area (TPSA) is 59.6 Å². The Morgan fingerprint density at radius 3 is 2.95 bits per heavy atom. The second kappa shape index (κ2) is 6.73. The van der Waals surface area contributed by atoms with Crippen LogP contribution in [-0.2, 0) is 4.79 Å². The van der Waals surface area contributed by atoms with Gasteiger partial charge in [0.15, 0.2) is 0 Å². The third-order valence-corrected chi connectivity index (χ3v) is 3.92. The molecule has 106 valence electrons. The predicted molar refractivity (Wildman–Crippen MR) is 74.1 cm³/mol. The van der Waals surface area contributed by atoms with E-state index in [1.165, 1.54) is 5.56 Å². The average molecular weight is 265 g/mol. The van der Waals surface area contributed by atoms with Crippen LogP contribution in [0.4, 0.5) is 0 Å². The van der Waals surface area contributed by atoms with E-state index in [1.54, 1.807) is 0 Å². The van der Waals surface area contributed by atoms with Gasteiger partial charge in [-0.2, -0.15) is 0 Å². The fraction of sp³-hybridized carbons (Fsp3) is 0.643. The van der Waals surface area contributed by atoms with Gasteiger partial charge >= 0.3 is 5.97 Å². The maximum absolute atomic E-state index is 10.6. The van der Waals surface area contributed by atoms with Crippen molar-refractivity contribution >= 4 is 5.97 Å². The zero-order chi connectivity index (χ0) is 13.7. The Bertz CT molecular complexity index is 391. The van der Waals surface area contributed by atoms with E-state index in [0.29, 0.717) is 12.6 Å². The largest absolute Gasteiger partial charge is 0.481 e. The molecule has 1 aliphatic heterocycles. The number of aromatic amines is 1. The van der Waals surface area contributed by atoms with Crippen molar-refractivity contribution in [1.29, 1.82) is 0 Å². The molecule has 0 radical (unpaired) electrons. The highest BCUT2D eigenvalue weighted by Crippen LogP contribution is 2.21. The predicted octanol–water partition coefficient (Wildman–Crippen LogP) is 1.56. The van der Waals surface area contributed by atoms with Gasteiger partial charge in [0.2, 0.25) is 0 Å². The van der Waals surface area contributed by atoms with Crippen LogP contribution in [0.3, 0.4) is 0 Å². The van der Waals surface area contributed by atoms with Gasteiger partial charge in [-0.05, 0) is 31.5 Å². The van der Waals surface area contributed by atoms with Crippen LogP contribution < -0.4 is 0 Å². The van der Waals surface area contributed by atoms with Gasteiger partial charge in [0.1, 0.15) is 0 Å². The van der Waals surface area contributed by atoms with E-state index in [9.17, 15) is 4.79 Å². The Morgan fingerprint density at radius 2 is 2.26 bits per heavy atom. The van der Waals surface area contributed by atoms with Crippen LogP contribution in [0.25, 0.3) is 0 Å². The Morgan fingerprint density at radius 1 is 1.42 bits per heavy atom. The van der Waals surface area contributed by atoms with E-state index in [0.717, 1.165) is 32.6 Å². The summed E-state index contributed by atoms with van der Waals surface area (Å²) in [6, 6.07) is 2.54. The number of nitrogens with one attached hydrogen (secondary N) is 1. The SMILES string of the molecule is CC(c1cc[nH]c1)N1CCCN(CCC(=O)O)CC1. The minimum Gasteiger partial charge on any atom is -0.481 e. The van der Waals surface area contributed by atoms with Gasteiger partial charge in [-0.25, -0.2) is 0 Å². The second-order valence-electron chi connectivity index (χ2n) is 5.20. The Kier molecular flexibility index (Phi) is 4.99. The molecule has 5 nitrogen and oxygen atoms in total. The van der Waals surface area contributed by atoms with E-state index in [4.69, 9.17) is 5.11 Å². The third-order valence-electron chi connectivity index (χ3n) is 3.92. The van der Waals surface area contributed by atoms with Crippen LogP contribution in [-0.4, -0.2) is 58.6 Å². The summed E-state index contributed by atoms with van der Waals surface area (Å²) in [4.78, 5) is 18.5. The number of H-pyrrole nitrogens is 1. The highest BCUT2D eigenvalue weighted by Gasteiger charge is 2.20. The number of aromatic nitrogens is 1. The van der Waals surface area contributed by atoms with E-state index in [2.05, 4.69) is 34.0 Å². The lowest BCUT2D eigenvalue weighted by atomic mass is 10.1. The second-order valence-corrected chi connectivity index (χ2v) is 5.20. The van der Waals surface area contributed by atoms with Crippen molar-refractivity contribution in [3.05, 3.63) is 24.0 Å². The standard InChI is InChI=1S/C14H23N3O2/c1-12(13-3-5-15-11-13)17-7-2-6-16(9-10-17)8-4-14(18)19/h3,5,11-12,15H,2,4,6-10H2,1H3,(H,18,19). The normalized spacial score (nSPS) is 20.1. The summed E-state index contributed by atoms with van der Waals surface area (Å²) in [6.07, 6.45) is 5.36. The minimum atomic E-state index is -0.707. The first-order valence-corrected chi connectivity index (χ1v) is 6.97. The molecule has 19 heavy (non-hydrogen) atoms. The summed E-state index contributed by atoms with van der Waals surface area (Å²) in [5.74, 6) is -0.707. The van der Waals surface area contributed by atoms with Gasteiger partial charge in [-0.3, -0.25) is 9.69 Å². The van der Waals surface area contributed by atoms with Crippen molar-refractivity contribution in [2.24, 2.45) is 0 Å². The molecule has 0 amide bonds. The number of hydrogen-bond acceptors (Lipinski definition) is 3. The Labute approximate surface area is 114 Å². The maximum atomic E-state index is 10.6. The molecule has 0 spiro atoms. The van der Waals surface area contributed by atoms with Crippen molar-refractivity contribution in [3.63, 3.8) is 0 Å². The molecule has 1 aliphatic rings. The highest BCUT2D eigenvalue weighted by atomic mass is 16.4. The molecule has 1 aromatic rings. The van der Waals surface area contributed by atoms with E-state index >= 15 is 0 Å². The van der Waals surface area contributed by atoms with Gasteiger partial charge in [0.05, 0.1) is 6.42 Å². The van der Waals surface area contributed by atoms with Gasteiger partial charge < -0.3 is 15.0 Å². The lowest BCUT2D eigenvalue weighted by Gasteiger charge is -2.27. The molecule has 1 fully saturated rings. The van der Waals surface area contributed by atoms with E-state index < -0.39 is 5.97 Å². The molecule has 1 unspecified atom stereocenters. The fourth-order valence-electron chi connectivity index (χ4n) is 2.66. The molecule has 0 aliphatic carbocycles. The van der Waals surface area contributed by atoms with Gasteiger partial charge in [-0.1, -0.05) is 0 Å². The molecule has 5 heteroatoms. The molecule has 2 heterocycles. The molecule has 1 atom stereocenters. The summed E-state index contributed by atoms with van der Waals surface area (Å²) in [5, 5.41) is 8.74. The monoisotopic (exact) mass is 265 g/mol. The number of rotatable bonds is 5. The van der Waals surface area contributed by atoms with Crippen LogP contribution in [0.1, 0.15) is 31.4 Å². The first-order chi connectivity index (χ1) is 9.16. The van der Waals surface area contributed by atoms with Gasteiger partial charge in [-0.15, -0.1) is 0 Å². The Hall–Kier alpha value is -1.33. The summed E-state index contributed by atoms with van der Waals surface area (Å²) in [6.45, 7) is 6.95. The number of aliphatic carboxylic acids is 1. The van der Waals surface area contributed by atoms with Crippen molar-refractivity contribution in [2.75, 3.05) is 32.7 Å². The lowest BCUT2D eigenvalue weighted by molar-refractivity contribution is -0.137. The smallest absolute Gasteiger partial charge is 0.304 e. The van der Waals surface area contributed by atoms with Crippen LogP contribution >= 0.6 is 0 Å². The van der Waals surface area contributed by atoms with Crippen LogP contribution in [0.2, 0.25) is 0 Å². The fourth-order valence-corrected chi connectivity index (χ4v) is 2.66. The molecule has 1 aromatic heterocycles. The van der Waals surface area contributed by atoms with E-state index in [1.807, 2.05) is 6.20 Å². The molecular weight excluding hydrogens is 242 g/mol. The van der Waals surface area contributed by atoms with Gasteiger partial charge in [0.25, 0.3) is 0 Å². The average Bonchev–Trinajstić information content (AvgIpc) is 2.81. The van der Waals surface area contributed by atoms with Crippen molar-refractivity contribution in [3.8, 4) is 0 Å². The molecule has 0 bridgehead atoms. The quantitative estimate of drug-likeness (QED) is 0.848. The van der Waals surface area contributed by atoms with Crippen LogP contribution in [0.15, 0.2) is 18.5 Å².